The van der Waals surface area contributed by atoms with Crippen molar-refractivity contribution in [3.05, 3.63) is 42.5 Å². The lowest BCUT2D eigenvalue weighted by Crippen LogP contribution is -2.07. The first kappa shape index (κ1) is 11.9. The van der Waals surface area contributed by atoms with Crippen LogP contribution in [0.1, 0.15) is 0 Å². The molecule has 1 fully saturated rings. The highest BCUT2D eigenvalue weighted by atomic mass is 16.6. The number of anilines is 1. The minimum absolute atomic E-state index is 0.420. The largest absolute Gasteiger partial charge is 0.382 e. The number of fused-ring (bicyclic) bond motifs is 1. The topological polar surface area (TPSA) is 76.6 Å². The zero-order valence-electron chi connectivity index (χ0n) is 9.60. The second-order valence-corrected chi connectivity index (χ2v) is 3.86. The van der Waals surface area contributed by atoms with E-state index in [1.54, 1.807) is 0 Å². The molecule has 1 heterocycles. The number of hydrogen-bond donors (Lipinski definition) is 3. The summed E-state index contributed by atoms with van der Waals surface area (Å²) in [6.45, 7) is 1.81. The first-order valence-electron chi connectivity index (χ1n) is 5.60. The third-order valence-electron chi connectivity index (χ3n) is 2.71. The van der Waals surface area contributed by atoms with Crippen molar-refractivity contribution in [2.75, 3.05) is 18.5 Å². The molecule has 0 spiro atoms. The van der Waals surface area contributed by atoms with Gasteiger partial charge in [0, 0.05) is 17.6 Å². The van der Waals surface area contributed by atoms with E-state index in [0.717, 1.165) is 13.2 Å². The number of epoxide rings is 1. The van der Waals surface area contributed by atoms with Crippen LogP contribution in [0.25, 0.3) is 10.8 Å². The summed E-state index contributed by atoms with van der Waals surface area (Å²) in [6.07, 6.45) is 0.420. The average molecular weight is 231 g/mol. The van der Waals surface area contributed by atoms with Crippen molar-refractivity contribution in [2.45, 2.75) is 6.10 Å². The average Bonchev–Trinajstić information content (AvgIpc) is 3.23. The Bertz CT molecular complexity index is 478. The van der Waals surface area contributed by atoms with Gasteiger partial charge in [-0.1, -0.05) is 36.4 Å². The molecule has 2 aromatic rings. The van der Waals surface area contributed by atoms with Gasteiger partial charge in [0.15, 0.2) is 0 Å². The third kappa shape index (κ3) is 2.94. The zero-order chi connectivity index (χ0) is 12.1. The summed E-state index contributed by atoms with van der Waals surface area (Å²) in [5, 5.41) is 5.98. The molecule has 1 saturated heterocycles. The summed E-state index contributed by atoms with van der Waals surface area (Å²) in [5.74, 6) is 8.00. The van der Waals surface area contributed by atoms with Gasteiger partial charge < -0.3 is 10.1 Å². The van der Waals surface area contributed by atoms with Gasteiger partial charge in [-0.05, 0) is 11.5 Å². The van der Waals surface area contributed by atoms with Crippen LogP contribution in [0.15, 0.2) is 42.5 Å². The first-order chi connectivity index (χ1) is 8.43. The standard InChI is InChI=1S/C13H13NO.H4N2/c1-2-6-12-10(4-1)5-3-7-13(12)14-8-11-9-15-11;1-2/h1-7,11,14H,8-9H2;1-2H2. The van der Waals surface area contributed by atoms with E-state index >= 15 is 0 Å². The van der Waals surface area contributed by atoms with E-state index in [-0.39, 0.29) is 0 Å². The fourth-order valence-corrected chi connectivity index (χ4v) is 1.79. The van der Waals surface area contributed by atoms with Crippen LogP contribution < -0.4 is 17.0 Å². The molecule has 1 unspecified atom stereocenters. The van der Waals surface area contributed by atoms with Crippen molar-refractivity contribution in [1.82, 2.24) is 0 Å². The van der Waals surface area contributed by atoms with Gasteiger partial charge in [0.25, 0.3) is 0 Å². The predicted molar refractivity (Wildman–Crippen MR) is 70.6 cm³/mol. The Morgan fingerprint density at radius 3 is 2.59 bits per heavy atom. The van der Waals surface area contributed by atoms with Gasteiger partial charge in [0.05, 0.1) is 12.7 Å². The molecule has 0 aliphatic carbocycles. The molecule has 90 valence electrons. The van der Waals surface area contributed by atoms with Crippen LogP contribution in [0.4, 0.5) is 5.69 Å². The summed E-state index contributed by atoms with van der Waals surface area (Å²) in [4.78, 5) is 0. The molecule has 1 aliphatic heterocycles. The highest BCUT2D eigenvalue weighted by Gasteiger charge is 2.21. The number of nitrogens with two attached hydrogens (primary N) is 2. The van der Waals surface area contributed by atoms with Crippen molar-refractivity contribution in [2.24, 2.45) is 11.7 Å². The van der Waals surface area contributed by atoms with Crippen molar-refractivity contribution in [3.8, 4) is 0 Å². The summed E-state index contributed by atoms with van der Waals surface area (Å²) in [7, 11) is 0. The molecule has 2 aromatic carbocycles. The van der Waals surface area contributed by atoms with E-state index in [0.29, 0.717) is 6.10 Å². The maximum absolute atomic E-state index is 5.18. The molecule has 1 aliphatic rings. The highest BCUT2D eigenvalue weighted by Crippen LogP contribution is 2.23. The number of benzene rings is 2. The molecule has 4 heteroatoms. The Morgan fingerprint density at radius 1 is 1.12 bits per heavy atom. The van der Waals surface area contributed by atoms with Crippen molar-refractivity contribution < 1.29 is 4.74 Å². The van der Waals surface area contributed by atoms with E-state index in [9.17, 15) is 0 Å². The van der Waals surface area contributed by atoms with Gasteiger partial charge >= 0.3 is 0 Å². The molecule has 5 N–H and O–H groups in total. The molecule has 0 amide bonds. The lowest BCUT2D eigenvalue weighted by atomic mass is 10.1. The maximum Gasteiger partial charge on any atom is 0.0981 e. The van der Waals surface area contributed by atoms with Crippen LogP contribution in [-0.4, -0.2) is 19.3 Å². The minimum atomic E-state index is 0.420. The Kier molecular flexibility index (Phi) is 3.93. The molecule has 0 radical (unpaired) electrons. The lowest BCUT2D eigenvalue weighted by molar-refractivity contribution is 0.417. The Balaban J connectivity index is 0.000000514. The third-order valence-corrected chi connectivity index (χ3v) is 2.71. The molecule has 17 heavy (non-hydrogen) atoms. The summed E-state index contributed by atoms with van der Waals surface area (Å²) in [5.41, 5.74) is 1.20. The van der Waals surface area contributed by atoms with Gasteiger partial charge in [0.2, 0.25) is 0 Å². The van der Waals surface area contributed by atoms with Gasteiger partial charge in [0.1, 0.15) is 0 Å². The van der Waals surface area contributed by atoms with Crippen molar-refractivity contribution in [3.63, 3.8) is 0 Å². The summed E-state index contributed by atoms with van der Waals surface area (Å²) >= 11 is 0. The quantitative estimate of drug-likeness (QED) is 0.425. The number of nitrogens with one attached hydrogen (secondary N) is 1. The lowest BCUT2D eigenvalue weighted by Gasteiger charge is -2.07. The molecule has 4 nitrogen and oxygen atoms in total. The SMILES string of the molecule is NN.c1ccc2c(NCC3CO3)cccc2c1. The number of hydrogen-bond acceptors (Lipinski definition) is 4. The number of hydrazine groups is 1. The maximum atomic E-state index is 5.18. The fourth-order valence-electron chi connectivity index (χ4n) is 1.79. The van der Waals surface area contributed by atoms with Crippen LogP contribution in [0, 0.1) is 0 Å². The smallest absolute Gasteiger partial charge is 0.0981 e. The molecule has 0 bridgehead atoms. The summed E-state index contributed by atoms with van der Waals surface area (Å²) in [6, 6.07) is 14.7. The first-order valence-corrected chi connectivity index (χ1v) is 5.60. The Hall–Kier alpha value is -1.62. The monoisotopic (exact) mass is 231 g/mol. The molecular weight excluding hydrogens is 214 g/mol. The predicted octanol–water partition coefficient (Wildman–Crippen LogP) is 1.47. The van der Waals surface area contributed by atoms with E-state index in [1.807, 2.05) is 0 Å². The zero-order valence-corrected chi connectivity index (χ0v) is 9.60. The van der Waals surface area contributed by atoms with E-state index in [4.69, 9.17) is 4.74 Å². The van der Waals surface area contributed by atoms with Crippen LogP contribution in [0.2, 0.25) is 0 Å². The Labute approximate surface area is 101 Å². The molecule has 0 aromatic heterocycles. The van der Waals surface area contributed by atoms with Gasteiger partial charge in [-0.15, -0.1) is 0 Å². The van der Waals surface area contributed by atoms with Crippen molar-refractivity contribution >= 4 is 16.5 Å². The van der Waals surface area contributed by atoms with E-state index in [1.165, 1.54) is 16.5 Å². The highest BCUT2D eigenvalue weighted by molar-refractivity contribution is 5.93. The Morgan fingerprint density at radius 2 is 1.82 bits per heavy atom. The van der Waals surface area contributed by atoms with E-state index in [2.05, 4.69) is 59.5 Å². The van der Waals surface area contributed by atoms with Gasteiger partial charge in [-0.3, -0.25) is 11.7 Å². The summed E-state index contributed by atoms with van der Waals surface area (Å²) < 4.78 is 5.18. The number of ether oxygens (including phenoxy) is 1. The number of rotatable bonds is 3. The van der Waals surface area contributed by atoms with Gasteiger partial charge in [-0.2, -0.15) is 0 Å². The van der Waals surface area contributed by atoms with Crippen LogP contribution in [0.3, 0.4) is 0 Å². The van der Waals surface area contributed by atoms with Crippen molar-refractivity contribution in [1.29, 1.82) is 0 Å². The molecular formula is C13H17N3O. The molecule has 1 atom stereocenters. The second kappa shape index (κ2) is 5.63. The van der Waals surface area contributed by atoms with Gasteiger partial charge in [-0.25, -0.2) is 0 Å². The molecule has 3 rings (SSSR count). The van der Waals surface area contributed by atoms with E-state index < -0.39 is 0 Å². The van der Waals surface area contributed by atoms with Crippen LogP contribution >= 0.6 is 0 Å². The van der Waals surface area contributed by atoms with Crippen LogP contribution in [0.5, 0.6) is 0 Å². The molecule has 0 saturated carbocycles. The fraction of sp³-hybridized carbons (Fsp3) is 0.231. The normalized spacial score (nSPS) is 17.2. The van der Waals surface area contributed by atoms with Crippen LogP contribution in [-0.2, 0) is 4.74 Å². The minimum Gasteiger partial charge on any atom is -0.382 e. The second-order valence-electron chi connectivity index (χ2n) is 3.86.